The first kappa shape index (κ1) is 16.5. The topological polar surface area (TPSA) is 72.0 Å². The Bertz CT molecular complexity index is 750. The van der Waals surface area contributed by atoms with Gasteiger partial charge in [0.15, 0.2) is 0 Å². The van der Waals surface area contributed by atoms with Crippen LogP contribution in [0.1, 0.15) is 31.2 Å². The highest BCUT2D eigenvalue weighted by molar-refractivity contribution is 7.93. The maximum atomic E-state index is 12.4. The van der Waals surface area contributed by atoms with Crippen LogP contribution in [0.4, 0.5) is 5.13 Å². The van der Waals surface area contributed by atoms with Crippen molar-refractivity contribution in [2.75, 3.05) is 4.72 Å². The molecule has 0 atom stereocenters. The molecule has 0 saturated carbocycles. The molecule has 0 saturated heterocycles. The van der Waals surface area contributed by atoms with E-state index in [1.54, 1.807) is 13.0 Å². The highest BCUT2D eigenvalue weighted by Gasteiger charge is 2.23. The van der Waals surface area contributed by atoms with Gasteiger partial charge in [0.05, 0.1) is 5.02 Å². The number of nitrogens with one attached hydrogen (secondary N) is 1. The number of benzene rings is 1. The predicted octanol–water partition coefficient (Wildman–Crippen LogP) is 4.08. The highest BCUT2D eigenvalue weighted by Crippen LogP contribution is 2.30. The second-order valence-corrected chi connectivity index (χ2v) is 7.97. The van der Waals surface area contributed by atoms with Gasteiger partial charge in [0.1, 0.15) is 10.7 Å². The van der Waals surface area contributed by atoms with E-state index in [9.17, 15) is 8.42 Å². The van der Waals surface area contributed by atoms with Crippen molar-refractivity contribution in [3.8, 4) is 0 Å². The number of sulfonamides is 1. The molecule has 1 heterocycles. The fourth-order valence-corrected chi connectivity index (χ4v) is 4.83. The van der Waals surface area contributed by atoms with Gasteiger partial charge in [0, 0.05) is 22.5 Å². The zero-order valence-corrected chi connectivity index (χ0v) is 14.7. The molecule has 0 aliphatic rings. The summed E-state index contributed by atoms with van der Waals surface area (Å²) < 4.78 is 31.4. The molecule has 0 fully saturated rings. The van der Waals surface area contributed by atoms with Crippen molar-refractivity contribution in [1.82, 2.24) is 9.36 Å². The minimum atomic E-state index is -3.84. The summed E-state index contributed by atoms with van der Waals surface area (Å²) in [5.74, 6) is 0.719. The van der Waals surface area contributed by atoms with Crippen LogP contribution in [0.25, 0.3) is 0 Å². The van der Waals surface area contributed by atoms with Gasteiger partial charge in [0.25, 0.3) is 10.0 Å². The van der Waals surface area contributed by atoms with E-state index in [1.807, 2.05) is 13.8 Å². The minimum Gasteiger partial charge on any atom is -0.253 e. The van der Waals surface area contributed by atoms with Crippen molar-refractivity contribution >= 4 is 49.9 Å². The Morgan fingerprint density at radius 1 is 1.29 bits per heavy atom. The number of hydrogen-bond acceptors (Lipinski definition) is 5. The van der Waals surface area contributed by atoms with Gasteiger partial charge in [-0.3, -0.25) is 4.72 Å². The molecule has 0 spiro atoms. The van der Waals surface area contributed by atoms with E-state index in [0.29, 0.717) is 16.4 Å². The third kappa shape index (κ3) is 3.66. The van der Waals surface area contributed by atoms with Gasteiger partial charge in [-0.2, -0.15) is 4.37 Å². The normalized spacial score (nSPS) is 11.9. The fraction of sp³-hybridized carbons (Fsp3) is 0.333. The molecule has 114 valence electrons. The van der Waals surface area contributed by atoms with E-state index < -0.39 is 10.0 Å². The van der Waals surface area contributed by atoms with Crippen molar-refractivity contribution < 1.29 is 8.42 Å². The van der Waals surface area contributed by atoms with Crippen LogP contribution in [-0.2, 0) is 10.0 Å². The second-order valence-electron chi connectivity index (χ2n) is 4.75. The van der Waals surface area contributed by atoms with Gasteiger partial charge in [-0.15, -0.1) is 0 Å². The molecule has 0 aliphatic carbocycles. The molecule has 0 unspecified atom stereocenters. The summed E-state index contributed by atoms with van der Waals surface area (Å²) >= 11 is 12.8. The average Bonchev–Trinajstić information content (AvgIpc) is 2.74. The summed E-state index contributed by atoms with van der Waals surface area (Å²) in [6, 6.07) is 2.94. The first-order valence-electron chi connectivity index (χ1n) is 6.03. The SMILES string of the molecule is Cc1cc(Cl)cc(Cl)c1S(=O)(=O)Nc1nc(C(C)C)ns1. The van der Waals surface area contributed by atoms with E-state index in [0.717, 1.165) is 11.5 Å². The molecular formula is C12H13Cl2N3O2S2. The average molecular weight is 366 g/mol. The Labute approximate surface area is 137 Å². The van der Waals surface area contributed by atoms with Crippen molar-refractivity contribution in [3.05, 3.63) is 33.6 Å². The molecule has 2 rings (SSSR count). The van der Waals surface area contributed by atoms with Crippen molar-refractivity contribution in [1.29, 1.82) is 0 Å². The lowest BCUT2D eigenvalue weighted by molar-refractivity contribution is 0.600. The number of anilines is 1. The van der Waals surface area contributed by atoms with Crippen LogP contribution >= 0.6 is 34.7 Å². The van der Waals surface area contributed by atoms with Crippen molar-refractivity contribution in [2.24, 2.45) is 0 Å². The Morgan fingerprint density at radius 2 is 1.95 bits per heavy atom. The van der Waals surface area contributed by atoms with E-state index in [-0.39, 0.29) is 21.0 Å². The number of aryl methyl sites for hydroxylation is 1. The molecule has 21 heavy (non-hydrogen) atoms. The summed E-state index contributed by atoms with van der Waals surface area (Å²) in [5.41, 5.74) is 0.466. The van der Waals surface area contributed by atoms with Crippen LogP contribution < -0.4 is 4.72 Å². The molecule has 0 bridgehead atoms. The summed E-state index contributed by atoms with van der Waals surface area (Å²) in [7, 11) is -3.84. The van der Waals surface area contributed by atoms with Gasteiger partial charge >= 0.3 is 0 Å². The van der Waals surface area contributed by atoms with E-state index in [4.69, 9.17) is 23.2 Å². The van der Waals surface area contributed by atoms with Crippen LogP contribution in [0, 0.1) is 6.92 Å². The van der Waals surface area contributed by atoms with Crippen LogP contribution in [0.3, 0.4) is 0 Å². The van der Waals surface area contributed by atoms with Crippen LogP contribution in [-0.4, -0.2) is 17.8 Å². The van der Waals surface area contributed by atoms with E-state index >= 15 is 0 Å². The molecule has 1 aromatic carbocycles. The summed E-state index contributed by atoms with van der Waals surface area (Å²) in [5, 5.41) is 0.666. The fourth-order valence-electron chi connectivity index (χ4n) is 1.71. The Balaban J connectivity index is 2.38. The minimum absolute atomic E-state index is 0.00476. The maximum absolute atomic E-state index is 12.4. The molecule has 1 N–H and O–H groups in total. The zero-order chi connectivity index (χ0) is 15.8. The smallest absolute Gasteiger partial charge is 0.253 e. The first-order valence-corrected chi connectivity index (χ1v) is 9.04. The zero-order valence-electron chi connectivity index (χ0n) is 11.5. The number of halogens is 2. The highest BCUT2D eigenvalue weighted by atomic mass is 35.5. The Hall–Kier alpha value is -0.890. The monoisotopic (exact) mass is 365 g/mol. The molecule has 5 nitrogen and oxygen atoms in total. The van der Waals surface area contributed by atoms with E-state index in [2.05, 4.69) is 14.1 Å². The van der Waals surface area contributed by atoms with Gasteiger partial charge in [-0.05, 0) is 24.6 Å². The molecule has 1 aromatic heterocycles. The third-order valence-electron chi connectivity index (χ3n) is 2.64. The lowest BCUT2D eigenvalue weighted by atomic mass is 10.2. The molecule has 2 aromatic rings. The van der Waals surface area contributed by atoms with Gasteiger partial charge in [0.2, 0.25) is 5.13 Å². The Morgan fingerprint density at radius 3 is 2.48 bits per heavy atom. The lowest BCUT2D eigenvalue weighted by Gasteiger charge is -2.10. The standard InChI is InChI=1S/C12H13Cl2N3O2S2/c1-6(2)11-15-12(20-16-11)17-21(18,19)10-7(3)4-8(13)5-9(10)14/h4-6H,1-3H3,(H,15,16,17). The van der Waals surface area contributed by atoms with Crippen LogP contribution in [0.5, 0.6) is 0 Å². The van der Waals surface area contributed by atoms with Gasteiger partial charge in [-0.1, -0.05) is 37.0 Å². The van der Waals surface area contributed by atoms with Crippen molar-refractivity contribution in [2.45, 2.75) is 31.6 Å². The molecular weight excluding hydrogens is 353 g/mol. The second kappa shape index (κ2) is 6.08. The summed E-state index contributed by atoms with van der Waals surface area (Å²) in [6.07, 6.45) is 0. The van der Waals surface area contributed by atoms with Gasteiger partial charge in [-0.25, -0.2) is 13.4 Å². The quantitative estimate of drug-likeness (QED) is 0.885. The van der Waals surface area contributed by atoms with Crippen molar-refractivity contribution in [3.63, 3.8) is 0 Å². The van der Waals surface area contributed by atoms with Gasteiger partial charge < -0.3 is 0 Å². The molecule has 0 amide bonds. The third-order valence-corrected chi connectivity index (χ3v) is 5.59. The summed E-state index contributed by atoms with van der Waals surface area (Å²) in [6.45, 7) is 5.49. The van der Waals surface area contributed by atoms with Crippen LogP contribution in [0.2, 0.25) is 10.0 Å². The Kier molecular flexibility index (Phi) is 4.77. The number of aromatic nitrogens is 2. The largest absolute Gasteiger partial charge is 0.265 e. The lowest BCUT2D eigenvalue weighted by Crippen LogP contribution is -2.15. The molecule has 0 radical (unpaired) electrons. The molecule has 0 aliphatic heterocycles. The van der Waals surface area contributed by atoms with E-state index in [1.165, 1.54) is 6.07 Å². The predicted molar refractivity (Wildman–Crippen MR) is 86.0 cm³/mol. The maximum Gasteiger partial charge on any atom is 0.265 e. The van der Waals surface area contributed by atoms with Crippen LogP contribution in [0.15, 0.2) is 17.0 Å². The number of nitrogens with zero attached hydrogens (tertiary/aromatic N) is 2. The molecule has 9 heteroatoms. The summed E-state index contributed by atoms with van der Waals surface area (Å²) in [4.78, 5) is 4.14. The number of hydrogen-bond donors (Lipinski definition) is 1. The first-order chi connectivity index (χ1) is 9.70. The number of rotatable bonds is 4.